The number of hydrogen-bond acceptors (Lipinski definition) is 2. The summed E-state index contributed by atoms with van der Waals surface area (Å²) >= 11 is 0. The molecule has 2 heteroatoms. The Kier molecular flexibility index (Phi) is 3.46. The van der Waals surface area contributed by atoms with E-state index in [-0.39, 0.29) is 6.04 Å². The zero-order valence-electron chi connectivity index (χ0n) is 8.41. The van der Waals surface area contributed by atoms with Gasteiger partial charge in [0.15, 0.2) is 0 Å². The van der Waals surface area contributed by atoms with Gasteiger partial charge in [-0.05, 0) is 18.4 Å². The van der Waals surface area contributed by atoms with Crippen LogP contribution in [-0.4, -0.2) is 5.21 Å². The molecule has 1 aromatic carbocycles. The van der Waals surface area contributed by atoms with Gasteiger partial charge in [0.2, 0.25) is 0 Å². The fraction of sp³-hybridized carbons (Fsp3) is 0.455. The first-order valence-electron chi connectivity index (χ1n) is 4.61. The van der Waals surface area contributed by atoms with Crippen molar-refractivity contribution in [1.82, 2.24) is 5.48 Å². The molecule has 0 aromatic heterocycles. The molecule has 0 bridgehead atoms. The molecule has 1 aromatic rings. The molecule has 1 unspecified atom stereocenters. The standard InChI is InChI=1S/C11H17NO/c1-8(2)11(12-13)10-6-4-9(3)5-7-10/h4-8,11-13H,1-3H3. The number of rotatable bonds is 3. The van der Waals surface area contributed by atoms with Crippen molar-refractivity contribution >= 4 is 0 Å². The molecule has 0 aliphatic heterocycles. The Morgan fingerprint density at radius 3 is 2.08 bits per heavy atom. The third-order valence-electron chi connectivity index (χ3n) is 2.24. The fourth-order valence-electron chi connectivity index (χ4n) is 1.38. The molecule has 0 amide bonds. The summed E-state index contributed by atoms with van der Waals surface area (Å²) in [6.07, 6.45) is 0. The summed E-state index contributed by atoms with van der Waals surface area (Å²) in [5.41, 5.74) is 4.71. The predicted octanol–water partition coefficient (Wildman–Crippen LogP) is 2.67. The van der Waals surface area contributed by atoms with Crippen molar-refractivity contribution in [3.05, 3.63) is 35.4 Å². The van der Waals surface area contributed by atoms with E-state index in [0.717, 1.165) is 5.56 Å². The van der Waals surface area contributed by atoms with Crippen molar-refractivity contribution in [2.24, 2.45) is 5.92 Å². The first kappa shape index (κ1) is 10.2. The number of nitrogens with one attached hydrogen (secondary N) is 1. The summed E-state index contributed by atoms with van der Waals surface area (Å²) in [5, 5.41) is 8.97. The SMILES string of the molecule is Cc1ccc(C(NO)C(C)C)cc1. The van der Waals surface area contributed by atoms with E-state index in [9.17, 15) is 0 Å². The zero-order valence-corrected chi connectivity index (χ0v) is 8.41. The lowest BCUT2D eigenvalue weighted by molar-refractivity contribution is 0.105. The van der Waals surface area contributed by atoms with Crippen LogP contribution in [0.1, 0.15) is 31.0 Å². The van der Waals surface area contributed by atoms with E-state index in [2.05, 4.69) is 38.4 Å². The summed E-state index contributed by atoms with van der Waals surface area (Å²) in [6.45, 7) is 6.21. The molecule has 13 heavy (non-hydrogen) atoms. The van der Waals surface area contributed by atoms with Gasteiger partial charge in [-0.2, -0.15) is 5.48 Å². The van der Waals surface area contributed by atoms with Crippen LogP contribution in [-0.2, 0) is 0 Å². The summed E-state index contributed by atoms with van der Waals surface area (Å²) < 4.78 is 0. The van der Waals surface area contributed by atoms with Crippen LogP contribution in [0.4, 0.5) is 0 Å². The molecule has 2 nitrogen and oxygen atoms in total. The van der Waals surface area contributed by atoms with Gasteiger partial charge in [0.05, 0.1) is 6.04 Å². The Labute approximate surface area is 79.6 Å². The molecule has 1 rings (SSSR count). The minimum Gasteiger partial charge on any atom is -0.316 e. The maximum absolute atomic E-state index is 8.97. The molecule has 72 valence electrons. The van der Waals surface area contributed by atoms with Crippen LogP contribution in [0.5, 0.6) is 0 Å². The van der Waals surface area contributed by atoms with Gasteiger partial charge in [-0.1, -0.05) is 43.7 Å². The zero-order chi connectivity index (χ0) is 9.84. The number of benzene rings is 1. The van der Waals surface area contributed by atoms with Gasteiger partial charge in [-0.25, -0.2) is 0 Å². The first-order chi connectivity index (χ1) is 6.15. The Hall–Kier alpha value is -0.860. The third-order valence-corrected chi connectivity index (χ3v) is 2.24. The van der Waals surface area contributed by atoms with Crippen molar-refractivity contribution in [3.63, 3.8) is 0 Å². The number of hydrogen-bond donors (Lipinski definition) is 2. The summed E-state index contributed by atoms with van der Waals surface area (Å²) in [7, 11) is 0. The maximum atomic E-state index is 8.97. The van der Waals surface area contributed by atoms with Crippen LogP contribution in [0.25, 0.3) is 0 Å². The molecule has 0 aliphatic carbocycles. The normalized spacial score (nSPS) is 13.3. The number of aryl methyl sites for hydroxylation is 1. The second kappa shape index (κ2) is 4.40. The Bertz CT molecular complexity index is 253. The van der Waals surface area contributed by atoms with Crippen molar-refractivity contribution in [2.45, 2.75) is 26.8 Å². The van der Waals surface area contributed by atoms with E-state index < -0.39 is 0 Å². The molecule has 0 fully saturated rings. The highest BCUT2D eigenvalue weighted by molar-refractivity contribution is 5.24. The molecule has 0 heterocycles. The minimum atomic E-state index is 0.0283. The van der Waals surface area contributed by atoms with Gasteiger partial charge in [0.1, 0.15) is 0 Å². The van der Waals surface area contributed by atoms with Crippen molar-refractivity contribution in [1.29, 1.82) is 0 Å². The van der Waals surface area contributed by atoms with Crippen LogP contribution in [0, 0.1) is 12.8 Å². The smallest absolute Gasteiger partial charge is 0.0591 e. The largest absolute Gasteiger partial charge is 0.316 e. The van der Waals surface area contributed by atoms with Gasteiger partial charge in [-0.15, -0.1) is 0 Å². The second-order valence-corrected chi connectivity index (χ2v) is 3.76. The van der Waals surface area contributed by atoms with Crippen LogP contribution < -0.4 is 5.48 Å². The van der Waals surface area contributed by atoms with Gasteiger partial charge in [-0.3, -0.25) is 0 Å². The molecule has 0 saturated heterocycles. The highest BCUT2D eigenvalue weighted by Gasteiger charge is 2.13. The van der Waals surface area contributed by atoms with Crippen molar-refractivity contribution in [2.75, 3.05) is 0 Å². The lowest BCUT2D eigenvalue weighted by Crippen LogP contribution is -2.22. The topological polar surface area (TPSA) is 32.3 Å². The molecular formula is C11H17NO. The van der Waals surface area contributed by atoms with Gasteiger partial charge < -0.3 is 5.21 Å². The second-order valence-electron chi connectivity index (χ2n) is 3.76. The average molecular weight is 179 g/mol. The van der Waals surface area contributed by atoms with E-state index in [1.165, 1.54) is 5.56 Å². The predicted molar refractivity (Wildman–Crippen MR) is 53.7 cm³/mol. The third kappa shape index (κ3) is 2.54. The summed E-state index contributed by atoms with van der Waals surface area (Å²) in [5.74, 6) is 0.382. The van der Waals surface area contributed by atoms with E-state index >= 15 is 0 Å². The quantitative estimate of drug-likeness (QED) is 0.699. The van der Waals surface area contributed by atoms with Crippen molar-refractivity contribution in [3.8, 4) is 0 Å². The lowest BCUT2D eigenvalue weighted by atomic mass is 9.96. The summed E-state index contributed by atoms with van der Waals surface area (Å²) in [4.78, 5) is 0. The van der Waals surface area contributed by atoms with Crippen LogP contribution in [0.15, 0.2) is 24.3 Å². The first-order valence-corrected chi connectivity index (χ1v) is 4.61. The van der Waals surface area contributed by atoms with Gasteiger partial charge in [0.25, 0.3) is 0 Å². The monoisotopic (exact) mass is 179 g/mol. The highest BCUT2D eigenvalue weighted by atomic mass is 16.5. The molecule has 1 atom stereocenters. The van der Waals surface area contributed by atoms with E-state index in [4.69, 9.17) is 5.21 Å². The molecule has 0 radical (unpaired) electrons. The van der Waals surface area contributed by atoms with Crippen LogP contribution in [0.3, 0.4) is 0 Å². The van der Waals surface area contributed by atoms with E-state index in [1.54, 1.807) is 0 Å². The Balaban J connectivity index is 2.86. The van der Waals surface area contributed by atoms with Crippen LogP contribution >= 0.6 is 0 Å². The molecular weight excluding hydrogens is 162 g/mol. The maximum Gasteiger partial charge on any atom is 0.0591 e. The Morgan fingerprint density at radius 1 is 1.15 bits per heavy atom. The molecule has 0 aliphatic rings. The number of hydroxylamine groups is 1. The minimum absolute atomic E-state index is 0.0283. The van der Waals surface area contributed by atoms with Crippen molar-refractivity contribution < 1.29 is 5.21 Å². The van der Waals surface area contributed by atoms with E-state index in [0.29, 0.717) is 5.92 Å². The van der Waals surface area contributed by atoms with Gasteiger partial charge >= 0.3 is 0 Å². The Morgan fingerprint density at radius 2 is 1.69 bits per heavy atom. The summed E-state index contributed by atoms with van der Waals surface area (Å²) in [6, 6.07) is 8.23. The molecule has 0 saturated carbocycles. The molecule has 2 N–H and O–H groups in total. The van der Waals surface area contributed by atoms with Gasteiger partial charge in [0, 0.05) is 0 Å². The lowest BCUT2D eigenvalue weighted by Gasteiger charge is -2.19. The van der Waals surface area contributed by atoms with Crippen LogP contribution in [0.2, 0.25) is 0 Å². The fourth-order valence-corrected chi connectivity index (χ4v) is 1.38. The molecule has 0 spiro atoms. The highest BCUT2D eigenvalue weighted by Crippen LogP contribution is 2.20. The van der Waals surface area contributed by atoms with E-state index in [1.807, 2.05) is 12.1 Å². The average Bonchev–Trinajstić information content (AvgIpc) is 2.09.